The SMILES string of the molecule is CC(C)C(NC(=O)c1ccc(Cl)c(Cl)c1)C(=O)NN=Cc1ccc(OCC(=O)O)cc1. The number of aliphatic carboxylic acids is 1. The van der Waals surface area contributed by atoms with Gasteiger partial charge < -0.3 is 15.2 Å². The molecule has 0 heterocycles. The number of hydrogen-bond donors (Lipinski definition) is 3. The lowest BCUT2D eigenvalue weighted by Crippen LogP contribution is -2.48. The van der Waals surface area contributed by atoms with Gasteiger partial charge in [-0.25, -0.2) is 10.2 Å². The molecule has 0 fully saturated rings. The van der Waals surface area contributed by atoms with Gasteiger partial charge in [0.2, 0.25) is 0 Å². The van der Waals surface area contributed by atoms with E-state index < -0.39 is 30.4 Å². The molecule has 164 valence electrons. The summed E-state index contributed by atoms with van der Waals surface area (Å²) in [6, 6.07) is 10.1. The molecule has 0 saturated carbocycles. The minimum absolute atomic E-state index is 0.201. The standard InChI is InChI=1S/C21H21Cl2N3O5/c1-12(2)19(25-20(29)14-5-8-16(22)17(23)9-14)21(30)26-24-10-13-3-6-15(7-4-13)31-11-18(27)28/h3-10,12,19H,11H2,1-2H3,(H,25,29)(H,26,30)(H,27,28). The summed E-state index contributed by atoms with van der Waals surface area (Å²) in [4.78, 5) is 35.5. The molecule has 2 aromatic carbocycles. The second-order valence-corrected chi connectivity index (χ2v) is 7.62. The lowest BCUT2D eigenvalue weighted by molar-refractivity contribution is -0.139. The first kappa shape index (κ1) is 24.2. The van der Waals surface area contributed by atoms with Gasteiger partial charge >= 0.3 is 5.97 Å². The van der Waals surface area contributed by atoms with Crippen LogP contribution >= 0.6 is 23.2 Å². The van der Waals surface area contributed by atoms with Gasteiger partial charge in [-0.2, -0.15) is 5.10 Å². The van der Waals surface area contributed by atoms with Crippen LogP contribution in [0.3, 0.4) is 0 Å². The van der Waals surface area contributed by atoms with Gasteiger partial charge in [0.15, 0.2) is 6.61 Å². The number of carboxylic acids is 1. The number of carbonyl (C=O) groups is 3. The minimum atomic E-state index is -1.07. The van der Waals surface area contributed by atoms with Crippen LogP contribution in [-0.2, 0) is 9.59 Å². The van der Waals surface area contributed by atoms with Gasteiger partial charge in [-0.1, -0.05) is 37.0 Å². The first-order chi connectivity index (χ1) is 14.7. The average Bonchev–Trinajstić information content (AvgIpc) is 2.72. The van der Waals surface area contributed by atoms with Gasteiger partial charge in [0.1, 0.15) is 11.8 Å². The largest absolute Gasteiger partial charge is 0.482 e. The molecule has 0 radical (unpaired) electrons. The van der Waals surface area contributed by atoms with E-state index >= 15 is 0 Å². The fourth-order valence-electron chi connectivity index (χ4n) is 2.43. The van der Waals surface area contributed by atoms with Crippen LogP contribution in [0.5, 0.6) is 5.75 Å². The molecule has 0 saturated heterocycles. The van der Waals surface area contributed by atoms with E-state index in [9.17, 15) is 14.4 Å². The van der Waals surface area contributed by atoms with Crippen molar-refractivity contribution in [1.29, 1.82) is 0 Å². The number of halogens is 2. The van der Waals surface area contributed by atoms with E-state index in [1.54, 1.807) is 38.1 Å². The van der Waals surface area contributed by atoms with Gasteiger partial charge in [0, 0.05) is 5.56 Å². The normalized spacial score (nSPS) is 11.9. The maximum atomic E-state index is 12.5. The molecule has 0 spiro atoms. The number of amides is 2. The molecule has 0 aliphatic rings. The molecule has 1 atom stereocenters. The zero-order valence-corrected chi connectivity index (χ0v) is 18.3. The van der Waals surface area contributed by atoms with Crippen molar-refractivity contribution in [3.8, 4) is 5.75 Å². The number of carbonyl (C=O) groups excluding carboxylic acids is 2. The molecule has 3 N–H and O–H groups in total. The highest BCUT2D eigenvalue weighted by Crippen LogP contribution is 2.22. The highest BCUT2D eigenvalue weighted by molar-refractivity contribution is 6.42. The summed E-state index contributed by atoms with van der Waals surface area (Å²) >= 11 is 11.8. The molecule has 2 rings (SSSR count). The lowest BCUT2D eigenvalue weighted by atomic mass is 10.0. The van der Waals surface area contributed by atoms with Crippen LogP contribution in [0.4, 0.5) is 0 Å². The van der Waals surface area contributed by atoms with E-state index in [0.29, 0.717) is 16.3 Å². The molecule has 0 aliphatic heterocycles. The Balaban J connectivity index is 1.96. The topological polar surface area (TPSA) is 117 Å². The van der Waals surface area contributed by atoms with Crippen LogP contribution in [0.1, 0.15) is 29.8 Å². The van der Waals surface area contributed by atoms with E-state index in [-0.39, 0.29) is 16.5 Å². The predicted molar refractivity (Wildman–Crippen MR) is 118 cm³/mol. The summed E-state index contributed by atoms with van der Waals surface area (Å²) in [6.45, 7) is 3.14. The lowest BCUT2D eigenvalue weighted by Gasteiger charge is -2.20. The van der Waals surface area contributed by atoms with Crippen molar-refractivity contribution in [3.05, 3.63) is 63.6 Å². The highest BCUT2D eigenvalue weighted by Gasteiger charge is 2.24. The number of benzene rings is 2. The molecule has 10 heteroatoms. The summed E-state index contributed by atoms with van der Waals surface area (Å²) < 4.78 is 5.04. The second-order valence-electron chi connectivity index (χ2n) is 6.81. The Kier molecular flexibility index (Phi) is 8.84. The summed E-state index contributed by atoms with van der Waals surface area (Å²) in [5, 5.41) is 15.7. The van der Waals surface area contributed by atoms with Gasteiger partial charge in [0.05, 0.1) is 16.3 Å². The summed E-state index contributed by atoms with van der Waals surface area (Å²) in [6.07, 6.45) is 1.41. The van der Waals surface area contributed by atoms with E-state index in [2.05, 4.69) is 15.8 Å². The number of ether oxygens (including phenoxy) is 1. The molecule has 2 amide bonds. The van der Waals surface area contributed by atoms with Crippen molar-refractivity contribution in [3.63, 3.8) is 0 Å². The van der Waals surface area contributed by atoms with Gasteiger partial charge in [-0.3, -0.25) is 9.59 Å². The first-order valence-electron chi connectivity index (χ1n) is 9.21. The predicted octanol–water partition coefficient (Wildman–Crippen LogP) is 3.36. The van der Waals surface area contributed by atoms with Crippen LogP contribution < -0.4 is 15.5 Å². The minimum Gasteiger partial charge on any atom is -0.482 e. The monoisotopic (exact) mass is 465 g/mol. The summed E-state index contributed by atoms with van der Waals surface area (Å²) in [5.41, 5.74) is 3.34. The van der Waals surface area contributed by atoms with E-state index in [1.165, 1.54) is 24.4 Å². The van der Waals surface area contributed by atoms with Crippen LogP contribution in [-0.4, -0.2) is 41.8 Å². The Hall–Kier alpha value is -3.10. The van der Waals surface area contributed by atoms with Crippen molar-refractivity contribution < 1.29 is 24.2 Å². The molecule has 2 aromatic rings. The Morgan fingerprint density at radius 2 is 1.77 bits per heavy atom. The van der Waals surface area contributed by atoms with E-state index in [4.69, 9.17) is 33.0 Å². The zero-order chi connectivity index (χ0) is 23.0. The average molecular weight is 466 g/mol. The van der Waals surface area contributed by atoms with Gasteiger partial charge in [0.25, 0.3) is 11.8 Å². The van der Waals surface area contributed by atoms with Crippen molar-refractivity contribution >= 4 is 47.2 Å². The highest BCUT2D eigenvalue weighted by atomic mass is 35.5. The third kappa shape index (κ3) is 7.58. The number of rotatable bonds is 9. The number of nitrogens with zero attached hydrogens (tertiary/aromatic N) is 1. The molecule has 8 nitrogen and oxygen atoms in total. The van der Waals surface area contributed by atoms with Crippen LogP contribution in [0, 0.1) is 5.92 Å². The summed E-state index contributed by atoms with van der Waals surface area (Å²) in [7, 11) is 0. The van der Waals surface area contributed by atoms with Crippen molar-refractivity contribution in [2.75, 3.05) is 6.61 Å². The maximum absolute atomic E-state index is 12.5. The van der Waals surface area contributed by atoms with Crippen molar-refractivity contribution in [2.45, 2.75) is 19.9 Å². The summed E-state index contributed by atoms with van der Waals surface area (Å²) in [5.74, 6) is -1.82. The molecular formula is C21H21Cl2N3O5. The number of nitrogens with one attached hydrogen (secondary N) is 2. The van der Waals surface area contributed by atoms with Crippen molar-refractivity contribution in [2.24, 2.45) is 11.0 Å². The fraction of sp³-hybridized carbons (Fsp3) is 0.238. The Bertz CT molecular complexity index is 977. The Morgan fingerprint density at radius 3 is 2.35 bits per heavy atom. The molecule has 31 heavy (non-hydrogen) atoms. The maximum Gasteiger partial charge on any atom is 0.341 e. The molecule has 0 bridgehead atoms. The molecule has 0 aliphatic carbocycles. The second kappa shape index (κ2) is 11.3. The number of hydrazone groups is 1. The first-order valence-corrected chi connectivity index (χ1v) is 9.96. The molecule has 0 aromatic heterocycles. The van der Waals surface area contributed by atoms with Crippen molar-refractivity contribution in [1.82, 2.24) is 10.7 Å². The Labute approximate surface area is 189 Å². The van der Waals surface area contributed by atoms with Crippen LogP contribution in [0.25, 0.3) is 0 Å². The quantitative estimate of drug-likeness (QED) is 0.387. The third-order valence-electron chi connectivity index (χ3n) is 4.05. The van der Waals surface area contributed by atoms with Gasteiger partial charge in [-0.05, 0) is 53.9 Å². The third-order valence-corrected chi connectivity index (χ3v) is 4.79. The van der Waals surface area contributed by atoms with Crippen LogP contribution in [0.15, 0.2) is 47.6 Å². The number of carboxylic acid groups (broad SMARTS) is 1. The molecular weight excluding hydrogens is 445 g/mol. The van der Waals surface area contributed by atoms with Gasteiger partial charge in [-0.15, -0.1) is 0 Å². The van der Waals surface area contributed by atoms with Crippen LogP contribution in [0.2, 0.25) is 10.0 Å². The zero-order valence-electron chi connectivity index (χ0n) is 16.8. The smallest absolute Gasteiger partial charge is 0.341 e. The Morgan fingerprint density at radius 1 is 1.10 bits per heavy atom. The van der Waals surface area contributed by atoms with E-state index in [0.717, 1.165) is 0 Å². The molecule has 1 unspecified atom stereocenters. The fourth-order valence-corrected chi connectivity index (χ4v) is 2.73. The number of hydrogen-bond acceptors (Lipinski definition) is 5. The van der Waals surface area contributed by atoms with E-state index in [1.807, 2.05) is 0 Å².